The summed E-state index contributed by atoms with van der Waals surface area (Å²) < 4.78 is 6.10. The van der Waals surface area contributed by atoms with Gasteiger partial charge in [0.1, 0.15) is 0 Å². The van der Waals surface area contributed by atoms with E-state index in [-0.39, 0.29) is 18.0 Å². The zero-order chi connectivity index (χ0) is 22.5. The normalized spacial score (nSPS) is 18.3. The third-order valence-corrected chi connectivity index (χ3v) is 5.36. The highest BCUT2D eigenvalue weighted by Crippen LogP contribution is 2.31. The van der Waals surface area contributed by atoms with Gasteiger partial charge in [0.2, 0.25) is 5.91 Å². The first-order chi connectivity index (χ1) is 14.8. The molecule has 164 valence electrons. The Morgan fingerprint density at radius 2 is 1.81 bits per heavy atom. The Hall–Kier alpha value is -3.49. The number of nitrogens with one attached hydrogen (secondary N) is 1. The van der Waals surface area contributed by atoms with Crippen LogP contribution in [0.15, 0.2) is 35.1 Å². The van der Waals surface area contributed by atoms with Crippen LogP contribution in [-0.4, -0.2) is 39.3 Å². The van der Waals surface area contributed by atoms with E-state index in [0.717, 1.165) is 29.2 Å². The largest absolute Gasteiger partial charge is 0.481 e. The van der Waals surface area contributed by atoms with E-state index in [0.29, 0.717) is 18.5 Å². The van der Waals surface area contributed by atoms with E-state index >= 15 is 0 Å². The predicted octanol–water partition coefficient (Wildman–Crippen LogP) is 2.55. The molecule has 31 heavy (non-hydrogen) atoms. The van der Waals surface area contributed by atoms with Crippen LogP contribution in [0.25, 0.3) is 5.69 Å². The van der Waals surface area contributed by atoms with Gasteiger partial charge in [-0.1, -0.05) is 30.5 Å². The SMILES string of the molecule is CCOC(=O)c1nn(-c2ccc(C)cc2)c(=O)cc1NC(=O)C1CCCCC1C(=O)O. The van der Waals surface area contributed by atoms with Crippen molar-refractivity contribution in [3.8, 4) is 5.69 Å². The number of carbonyl (C=O) groups excluding carboxylic acids is 2. The van der Waals surface area contributed by atoms with Crippen molar-refractivity contribution in [2.24, 2.45) is 11.8 Å². The maximum Gasteiger partial charge on any atom is 0.360 e. The van der Waals surface area contributed by atoms with Gasteiger partial charge in [0.05, 0.1) is 29.8 Å². The molecule has 1 aliphatic rings. The summed E-state index contributed by atoms with van der Waals surface area (Å²) in [5.74, 6) is -3.93. The summed E-state index contributed by atoms with van der Waals surface area (Å²) >= 11 is 0. The van der Waals surface area contributed by atoms with Crippen LogP contribution in [0.4, 0.5) is 5.69 Å². The van der Waals surface area contributed by atoms with Crippen LogP contribution in [0, 0.1) is 18.8 Å². The fourth-order valence-corrected chi connectivity index (χ4v) is 3.74. The number of nitrogens with zero attached hydrogens (tertiary/aromatic N) is 2. The monoisotopic (exact) mass is 427 g/mol. The number of aromatic nitrogens is 2. The molecule has 0 aliphatic heterocycles. The number of amides is 1. The van der Waals surface area contributed by atoms with Crippen LogP contribution in [0.1, 0.15) is 48.7 Å². The number of rotatable bonds is 6. The van der Waals surface area contributed by atoms with Crippen LogP contribution in [0.2, 0.25) is 0 Å². The molecule has 9 heteroatoms. The van der Waals surface area contributed by atoms with Crippen molar-refractivity contribution in [1.29, 1.82) is 0 Å². The van der Waals surface area contributed by atoms with Crippen LogP contribution < -0.4 is 10.9 Å². The van der Waals surface area contributed by atoms with E-state index in [9.17, 15) is 24.3 Å². The van der Waals surface area contributed by atoms with Crippen molar-refractivity contribution in [2.75, 3.05) is 11.9 Å². The van der Waals surface area contributed by atoms with Crippen molar-refractivity contribution < 1.29 is 24.2 Å². The lowest BCUT2D eigenvalue weighted by Gasteiger charge is -2.27. The van der Waals surface area contributed by atoms with Crippen LogP contribution >= 0.6 is 0 Å². The van der Waals surface area contributed by atoms with Gasteiger partial charge in [0.15, 0.2) is 5.69 Å². The fraction of sp³-hybridized carbons (Fsp3) is 0.409. The topological polar surface area (TPSA) is 128 Å². The average molecular weight is 427 g/mol. The molecule has 2 unspecified atom stereocenters. The second-order valence-corrected chi connectivity index (χ2v) is 7.54. The Balaban J connectivity index is 1.98. The van der Waals surface area contributed by atoms with Gasteiger partial charge in [0, 0.05) is 6.07 Å². The lowest BCUT2D eigenvalue weighted by atomic mass is 9.78. The number of esters is 1. The van der Waals surface area contributed by atoms with Crippen molar-refractivity contribution in [1.82, 2.24) is 9.78 Å². The maximum atomic E-state index is 12.9. The predicted molar refractivity (Wildman–Crippen MR) is 112 cm³/mol. The third-order valence-electron chi connectivity index (χ3n) is 5.36. The highest BCUT2D eigenvalue weighted by atomic mass is 16.5. The van der Waals surface area contributed by atoms with E-state index in [1.165, 1.54) is 0 Å². The van der Waals surface area contributed by atoms with E-state index < -0.39 is 35.2 Å². The smallest absolute Gasteiger partial charge is 0.360 e. The standard InChI is InChI=1S/C22H25N3O6/c1-3-31-22(30)19-17(23-20(27)15-6-4-5-7-16(15)21(28)29)12-18(26)25(24-19)14-10-8-13(2)9-11-14/h8-12,15-16H,3-7H2,1-2H3,(H,23,27)(H,28,29). The second-order valence-electron chi connectivity index (χ2n) is 7.54. The van der Waals surface area contributed by atoms with Crippen molar-refractivity contribution in [3.05, 3.63) is 51.9 Å². The number of ether oxygens (including phenoxy) is 1. The number of aliphatic carboxylic acids is 1. The van der Waals surface area contributed by atoms with E-state index in [4.69, 9.17) is 4.74 Å². The quantitative estimate of drug-likeness (QED) is 0.678. The van der Waals surface area contributed by atoms with Crippen molar-refractivity contribution in [3.63, 3.8) is 0 Å². The van der Waals surface area contributed by atoms with Crippen molar-refractivity contribution >= 4 is 23.5 Å². The zero-order valence-electron chi connectivity index (χ0n) is 17.5. The molecule has 0 radical (unpaired) electrons. The first-order valence-electron chi connectivity index (χ1n) is 10.2. The summed E-state index contributed by atoms with van der Waals surface area (Å²) in [6, 6.07) is 8.10. The van der Waals surface area contributed by atoms with Crippen LogP contribution in [0.5, 0.6) is 0 Å². The Labute approximate surface area is 179 Å². The summed E-state index contributed by atoms with van der Waals surface area (Å²) in [5.41, 5.74) is 0.583. The Bertz CT molecular complexity index is 1040. The molecule has 2 aromatic rings. The highest BCUT2D eigenvalue weighted by molar-refractivity contribution is 6.01. The number of carboxylic acid groups (broad SMARTS) is 1. The first kappa shape index (κ1) is 22.2. The Morgan fingerprint density at radius 3 is 2.42 bits per heavy atom. The Kier molecular flexibility index (Phi) is 6.84. The van der Waals surface area contributed by atoms with Gasteiger partial charge >= 0.3 is 11.9 Å². The number of anilines is 1. The molecule has 0 bridgehead atoms. The summed E-state index contributed by atoms with van der Waals surface area (Å²) in [6.45, 7) is 3.62. The third kappa shape index (κ3) is 4.99. The first-order valence-corrected chi connectivity index (χ1v) is 10.2. The number of hydrogen-bond acceptors (Lipinski definition) is 6. The minimum absolute atomic E-state index is 0.0846. The molecule has 0 spiro atoms. The maximum absolute atomic E-state index is 12.9. The van der Waals surface area contributed by atoms with E-state index in [2.05, 4.69) is 10.4 Å². The van der Waals surface area contributed by atoms with Crippen molar-refractivity contribution in [2.45, 2.75) is 39.5 Å². The van der Waals surface area contributed by atoms with Gasteiger partial charge in [-0.2, -0.15) is 9.78 Å². The summed E-state index contributed by atoms with van der Waals surface area (Å²) in [5, 5.41) is 16.1. The average Bonchev–Trinajstić information content (AvgIpc) is 2.74. The van der Waals surface area contributed by atoms with E-state index in [1.54, 1.807) is 31.2 Å². The minimum atomic E-state index is -1.03. The molecule has 2 atom stereocenters. The number of carbonyl (C=O) groups is 3. The summed E-state index contributed by atoms with van der Waals surface area (Å²) in [7, 11) is 0. The highest BCUT2D eigenvalue weighted by Gasteiger charge is 2.36. The van der Waals surface area contributed by atoms with Gasteiger partial charge in [-0.3, -0.25) is 14.4 Å². The zero-order valence-corrected chi connectivity index (χ0v) is 17.5. The molecule has 1 aromatic carbocycles. The lowest BCUT2D eigenvalue weighted by molar-refractivity contribution is -0.147. The molecule has 2 N–H and O–H groups in total. The van der Waals surface area contributed by atoms with Crippen LogP contribution in [-0.2, 0) is 14.3 Å². The number of benzene rings is 1. The van der Waals surface area contributed by atoms with E-state index in [1.807, 2.05) is 6.92 Å². The molecule has 3 rings (SSSR count). The van der Waals surface area contributed by atoms with Gasteiger partial charge in [-0.15, -0.1) is 0 Å². The van der Waals surface area contributed by atoms with Gasteiger partial charge in [0.25, 0.3) is 5.56 Å². The van der Waals surface area contributed by atoms with Gasteiger partial charge < -0.3 is 15.2 Å². The minimum Gasteiger partial charge on any atom is -0.481 e. The summed E-state index contributed by atoms with van der Waals surface area (Å²) in [4.78, 5) is 49.6. The molecular weight excluding hydrogens is 402 g/mol. The Morgan fingerprint density at radius 1 is 1.16 bits per heavy atom. The molecule has 1 fully saturated rings. The fourth-order valence-electron chi connectivity index (χ4n) is 3.74. The summed E-state index contributed by atoms with van der Waals surface area (Å²) in [6.07, 6.45) is 2.31. The lowest BCUT2D eigenvalue weighted by Crippen LogP contribution is -2.37. The molecule has 1 heterocycles. The molecule has 1 aliphatic carbocycles. The number of aryl methyl sites for hydroxylation is 1. The van der Waals surface area contributed by atoms with Gasteiger partial charge in [-0.05, 0) is 38.8 Å². The number of hydrogen-bond donors (Lipinski definition) is 2. The molecular formula is C22H25N3O6. The molecule has 0 saturated heterocycles. The molecule has 9 nitrogen and oxygen atoms in total. The second kappa shape index (κ2) is 9.55. The van der Waals surface area contributed by atoms with Crippen LogP contribution in [0.3, 0.4) is 0 Å². The van der Waals surface area contributed by atoms with Gasteiger partial charge in [-0.25, -0.2) is 4.79 Å². The molecule has 1 amide bonds. The molecule has 1 aromatic heterocycles. The number of carboxylic acids is 1. The molecule has 1 saturated carbocycles.